The van der Waals surface area contributed by atoms with Crippen molar-refractivity contribution in [1.82, 2.24) is 20.6 Å². The number of nitrogens with one attached hydrogen (secondary N) is 2. The van der Waals surface area contributed by atoms with Crippen molar-refractivity contribution >= 4 is 11.8 Å². The molecule has 0 spiro atoms. The van der Waals surface area contributed by atoms with Crippen LogP contribution in [0.5, 0.6) is 0 Å². The minimum atomic E-state index is -1.08. The zero-order valence-electron chi connectivity index (χ0n) is 24.6. The molecule has 0 aliphatic carbocycles. The number of benzene rings is 1. The minimum absolute atomic E-state index is 0.288. The molecule has 0 saturated carbocycles. The maximum absolute atomic E-state index is 12.7. The van der Waals surface area contributed by atoms with Crippen LogP contribution in [0.25, 0.3) is 0 Å². The van der Waals surface area contributed by atoms with Crippen LogP contribution in [0.15, 0.2) is 73.1 Å². The van der Waals surface area contributed by atoms with Crippen molar-refractivity contribution in [2.75, 3.05) is 6.54 Å². The third-order valence-electron chi connectivity index (χ3n) is 6.61. The van der Waals surface area contributed by atoms with E-state index in [0.717, 1.165) is 17.0 Å². The van der Waals surface area contributed by atoms with E-state index in [9.17, 15) is 14.7 Å². The second kappa shape index (κ2) is 20.4. The molecule has 0 aliphatic heterocycles. The monoisotopic (exact) mass is 561 g/mol. The number of aromatic nitrogens is 2. The maximum atomic E-state index is 12.7. The SMILES string of the molecule is CCCCCCC(C)N.O=C(O)[C@@H](CCCNCc1ccccn1)C(=O)c1ccc(CNCc2ccccn2)cc1. The Bertz CT molecular complexity index is 1110. The van der Waals surface area contributed by atoms with E-state index in [-0.39, 0.29) is 12.2 Å². The van der Waals surface area contributed by atoms with Gasteiger partial charge < -0.3 is 21.5 Å². The van der Waals surface area contributed by atoms with Crippen molar-refractivity contribution in [2.24, 2.45) is 11.7 Å². The summed E-state index contributed by atoms with van der Waals surface area (Å²) in [5.74, 6) is -2.48. The number of unbranched alkanes of at least 4 members (excludes halogenated alkanes) is 3. The molecule has 1 unspecified atom stereocenters. The highest BCUT2D eigenvalue weighted by atomic mass is 16.4. The molecule has 3 rings (SSSR count). The van der Waals surface area contributed by atoms with Gasteiger partial charge in [0, 0.05) is 43.6 Å². The van der Waals surface area contributed by atoms with Crippen molar-refractivity contribution in [2.45, 2.75) is 84.5 Å². The van der Waals surface area contributed by atoms with Gasteiger partial charge in [-0.15, -0.1) is 0 Å². The largest absolute Gasteiger partial charge is 0.481 e. The number of rotatable bonds is 18. The normalized spacial score (nSPS) is 12.2. The van der Waals surface area contributed by atoms with E-state index in [2.05, 4.69) is 34.4 Å². The summed E-state index contributed by atoms with van der Waals surface area (Å²) < 4.78 is 0. The van der Waals surface area contributed by atoms with Crippen LogP contribution in [0.3, 0.4) is 0 Å². The Hall–Kier alpha value is -3.46. The first kappa shape index (κ1) is 33.7. The van der Waals surface area contributed by atoms with E-state index in [1.54, 1.807) is 24.5 Å². The zero-order chi connectivity index (χ0) is 29.7. The van der Waals surface area contributed by atoms with Gasteiger partial charge in [0.05, 0.1) is 11.4 Å². The van der Waals surface area contributed by atoms with Gasteiger partial charge in [-0.2, -0.15) is 0 Å². The average molecular weight is 562 g/mol. The summed E-state index contributed by atoms with van der Waals surface area (Å²) in [6, 6.07) is 19.0. The number of Topliss-reactive ketones (excluding diaryl/α,β-unsaturated/α-hetero) is 1. The molecule has 0 fully saturated rings. The third kappa shape index (κ3) is 14.7. The molecule has 0 aliphatic rings. The lowest BCUT2D eigenvalue weighted by atomic mass is 9.93. The highest BCUT2D eigenvalue weighted by Crippen LogP contribution is 2.16. The van der Waals surface area contributed by atoms with Gasteiger partial charge in [-0.3, -0.25) is 19.6 Å². The standard InChI is InChI=1S/C25H28N4O3.C8H19N/c30-24(23(25(31)32)8-5-13-26-17-21-6-1-3-14-28-21)20-11-9-19(10-12-20)16-27-18-22-7-2-4-15-29-22;1-3-4-5-6-7-8(2)9/h1-4,6-7,9-12,14-15,23,26-27H,5,8,13,16-18H2,(H,31,32);8H,3-7,9H2,1-2H3/t23-;/m0./s1. The molecular weight excluding hydrogens is 514 g/mol. The maximum Gasteiger partial charge on any atom is 0.314 e. The van der Waals surface area contributed by atoms with Crippen molar-refractivity contribution < 1.29 is 14.7 Å². The van der Waals surface area contributed by atoms with Crippen LogP contribution >= 0.6 is 0 Å². The van der Waals surface area contributed by atoms with Crippen LogP contribution in [0.4, 0.5) is 0 Å². The molecule has 0 bridgehead atoms. The average Bonchev–Trinajstić information content (AvgIpc) is 2.98. The Morgan fingerprint density at radius 2 is 1.44 bits per heavy atom. The summed E-state index contributed by atoms with van der Waals surface area (Å²) in [6.07, 6.45) is 10.9. The van der Waals surface area contributed by atoms with Crippen LogP contribution < -0.4 is 16.4 Å². The summed E-state index contributed by atoms with van der Waals surface area (Å²) in [6.45, 7) is 6.82. The Labute approximate surface area is 245 Å². The fourth-order valence-corrected chi connectivity index (χ4v) is 4.24. The second-order valence-corrected chi connectivity index (χ2v) is 10.3. The number of carbonyl (C=O) groups is 2. The molecule has 0 radical (unpaired) electrons. The van der Waals surface area contributed by atoms with Gasteiger partial charge in [-0.25, -0.2) is 0 Å². The molecule has 2 aromatic heterocycles. The van der Waals surface area contributed by atoms with Crippen LogP contribution in [-0.4, -0.2) is 39.4 Å². The van der Waals surface area contributed by atoms with Gasteiger partial charge in [0.25, 0.3) is 0 Å². The number of hydrogen-bond donors (Lipinski definition) is 4. The second-order valence-electron chi connectivity index (χ2n) is 10.3. The summed E-state index contributed by atoms with van der Waals surface area (Å²) in [4.78, 5) is 32.9. The van der Waals surface area contributed by atoms with E-state index in [1.165, 1.54) is 32.1 Å². The van der Waals surface area contributed by atoms with E-state index < -0.39 is 11.9 Å². The number of carboxylic acids is 1. The van der Waals surface area contributed by atoms with Gasteiger partial charge in [-0.05, 0) is 62.6 Å². The number of pyridine rings is 2. The first-order valence-corrected chi connectivity index (χ1v) is 14.7. The van der Waals surface area contributed by atoms with Crippen LogP contribution in [-0.2, 0) is 24.4 Å². The Morgan fingerprint density at radius 1 is 0.805 bits per heavy atom. The Balaban J connectivity index is 0.000000564. The number of aliphatic carboxylic acids is 1. The van der Waals surface area contributed by atoms with Crippen LogP contribution in [0.2, 0.25) is 0 Å². The summed E-state index contributed by atoms with van der Waals surface area (Å²) >= 11 is 0. The molecule has 8 heteroatoms. The minimum Gasteiger partial charge on any atom is -0.481 e. The molecule has 2 atom stereocenters. The van der Waals surface area contributed by atoms with Crippen molar-refractivity contribution in [1.29, 1.82) is 0 Å². The predicted octanol–water partition coefficient (Wildman–Crippen LogP) is 5.52. The topological polar surface area (TPSA) is 130 Å². The lowest BCUT2D eigenvalue weighted by Crippen LogP contribution is -2.25. The van der Waals surface area contributed by atoms with E-state index >= 15 is 0 Å². The Kier molecular flexibility index (Phi) is 16.8. The van der Waals surface area contributed by atoms with Gasteiger partial charge >= 0.3 is 5.97 Å². The van der Waals surface area contributed by atoms with Gasteiger partial charge in [0.15, 0.2) is 5.78 Å². The van der Waals surface area contributed by atoms with E-state index in [4.69, 9.17) is 5.73 Å². The molecule has 5 N–H and O–H groups in total. The molecule has 1 aromatic carbocycles. The molecule has 8 nitrogen and oxygen atoms in total. The lowest BCUT2D eigenvalue weighted by Gasteiger charge is -2.12. The van der Waals surface area contributed by atoms with E-state index in [1.807, 2.05) is 48.5 Å². The van der Waals surface area contributed by atoms with Crippen LogP contribution in [0, 0.1) is 5.92 Å². The van der Waals surface area contributed by atoms with Crippen molar-refractivity contribution in [3.63, 3.8) is 0 Å². The predicted molar refractivity (Wildman–Crippen MR) is 164 cm³/mol. The van der Waals surface area contributed by atoms with E-state index in [0.29, 0.717) is 44.2 Å². The fourth-order valence-electron chi connectivity index (χ4n) is 4.24. The first-order chi connectivity index (χ1) is 19.9. The number of hydrogen-bond acceptors (Lipinski definition) is 7. The third-order valence-corrected chi connectivity index (χ3v) is 6.61. The zero-order valence-corrected chi connectivity index (χ0v) is 24.6. The molecule has 0 amide bonds. The fraction of sp³-hybridized carbons (Fsp3) is 0.455. The number of nitrogens with two attached hydrogens (primary N) is 1. The number of ketones is 1. The number of nitrogens with zero attached hydrogens (tertiary/aromatic N) is 2. The quantitative estimate of drug-likeness (QED) is 0.0907. The molecule has 222 valence electrons. The summed E-state index contributed by atoms with van der Waals surface area (Å²) in [5, 5.41) is 16.1. The number of carboxylic acid groups (broad SMARTS) is 1. The molecule has 3 aromatic rings. The molecule has 0 saturated heterocycles. The van der Waals surface area contributed by atoms with Crippen molar-refractivity contribution in [3.05, 3.63) is 95.6 Å². The van der Waals surface area contributed by atoms with Crippen LogP contribution in [0.1, 0.15) is 86.1 Å². The van der Waals surface area contributed by atoms with Gasteiger partial charge in [-0.1, -0.05) is 69.0 Å². The summed E-state index contributed by atoms with van der Waals surface area (Å²) in [7, 11) is 0. The lowest BCUT2D eigenvalue weighted by molar-refractivity contribution is -0.140. The first-order valence-electron chi connectivity index (χ1n) is 14.7. The van der Waals surface area contributed by atoms with Gasteiger partial charge in [0.2, 0.25) is 0 Å². The van der Waals surface area contributed by atoms with Crippen molar-refractivity contribution in [3.8, 4) is 0 Å². The van der Waals surface area contributed by atoms with Gasteiger partial charge in [0.1, 0.15) is 5.92 Å². The smallest absolute Gasteiger partial charge is 0.314 e. The highest BCUT2D eigenvalue weighted by molar-refractivity contribution is 6.08. The molecular formula is C33H47N5O3. The highest BCUT2D eigenvalue weighted by Gasteiger charge is 2.26. The summed E-state index contributed by atoms with van der Waals surface area (Å²) in [5.41, 5.74) is 8.90. The Morgan fingerprint density at radius 3 is 1.98 bits per heavy atom. The molecule has 41 heavy (non-hydrogen) atoms. The number of carbonyl (C=O) groups excluding carboxylic acids is 1. The molecule has 2 heterocycles.